The molecule has 0 radical (unpaired) electrons. The quantitative estimate of drug-likeness (QED) is 0.837. The van der Waals surface area contributed by atoms with E-state index in [1.54, 1.807) is 0 Å². The second kappa shape index (κ2) is 7.29. The highest BCUT2D eigenvalue weighted by molar-refractivity contribution is 5.76. The molecule has 0 heterocycles. The standard InChI is InChI=1S/C16H27N3O/c1-16(2,3)18-11-10-15(20)17-12-13-6-8-14(9-7-13)19(4)5/h6-9,18H,10-12H2,1-5H3,(H,17,20). The van der Waals surface area contributed by atoms with E-state index in [1.165, 1.54) is 0 Å². The van der Waals surface area contributed by atoms with Gasteiger partial charge >= 0.3 is 0 Å². The van der Waals surface area contributed by atoms with Crippen LogP contribution in [-0.2, 0) is 11.3 Å². The van der Waals surface area contributed by atoms with Crippen molar-refractivity contribution in [2.45, 2.75) is 39.3 Å². The number of nitrogens with zero attached hydrogens (tertiary/aromatic N) is 1. The molecule has 0 aliphatic carbocycles. The molecule has 1 rings (SSSR count). The summed E-state index contributed by atoms with van der Waals surface area (Å²) in [4.78, 5) is 13.8. The lowest BCUT2D eigenvalue weighted by molar-refractivity contribution is -0.121. The van der Waals surface area contributed by atoms with Crippen LogP contribution in [0.25, 0.3) is 0 Å². The summed E-state index contributed by atoms with van der Waals surface area (Å²) < 4.78 is 0. The van der Waals surface area contributed by atoms with Crippen LogP contribution in [0.2, 0.25) is 0 Å². The summed E-state index contributed by atoms with van der Waals surface area (Å²) in [5.41, 5.74) is 2.34. The molecule has 0 aliphatic heterocycles. The Bertz CT molecular complexity index is 418. The largest absolute Gasteiger partial charge is 0.378 e. The molecule has 0 unspecified atom stereocenters. The molecule has 1 amide bonds. The van der Waals surface area contributed by atoms with Crippen molar-refractivity contribution in [2.75, 3.05) is 25.5 Å². The van der Waals surface area contributed by atoms with E-state index >= 15 is 0 Å². The molecule has 0 fully saturated rings. The third-order valence-corrected chi connectivity index (χ3v) is 2.95. The summed E-state index contributed by atoms with van der Waals surface area (Å²) in [6.45, 7) is 7.57. The number of rotatable bonds is 6. The molecule has 0 saturated heterocycles. The maximum atomic E-state index is 11.7. The van der Waals surface area contributed by atoms with Gasteiger partial charge in [0.1, 0.15) is 0 Å². The lowest BCUT2D eigenvalue weighted by atomic mass is 10.1. The van der Waals surface area contributed by atoms with E-state index < -0.39 is 0 Å². The van der Waals surface area contributed by atoms with Gasteiger partial charge in [-0.2, -0.15) is 0 Å². The van der Waals surface area contributed by atoms with Gasteiger partial charge in [-0.15, -0.1) is 0 Å². The Morgan fingerprint density at radius 1 is 1.15 bits per heavy atom. The van der Waals surface area contributed by atoms with E-state index in [0.717, 1.165) is 11.3 Å². The number of amides is 1. The summed E-state index contributed by atoms with van der Waals surface area (Å²) in [5, 5.41) is 6.25. The highest BCUT2D eigenvalue weighted by atomic mass is 16.1. The number of benzene rings is 1. The normalized spacial score (nSPS) is 11.2. The number of hydrogen-bond acceptors (Lipinski definition) is 3. The Kier molecular flexibility index (Phi) is 6.02. The van der Waals surface area contributed by atoms with Gasteiger partial charge in [0.15, 0.2) is 0 Å². The van der Waals surface area contributed by atoms with Crippen molar-refractivity contribution in [3.05, 3.63) is 29.8 Å². The Labute approximate surface area is 122 Å². The monoisotopic (exact) mass is 277 g/mol. The fraction of sp³-hybridized carbons (Fsp3) is 0.562. The molecule has 1 aromatic carbocycles. The molecular formula is C16H27N3O. The minimum absolute atomic E-state index is 0.0578. The van der Waals surface area contributed by atoms with Crippen LogP contribution in [0, 0.1) is 0 Å². The van der Waals surface area contributed by atoms with Crippen molar-refractivity contribution in [2.24, 2.45) is 0 Å². The smallest absolute Gasteiger partial charge is 0.221 e. The summed E-state index contributed by atoms with van der Waals surface area (Å²) in [5.74, 6) is 0.0819. The first-order valence-electron chi connectivity index (χ1n) is 7.06. The molecule has 112 valence electrons. The highest BCUT2D eigenvalue weighted by Crippen LogP contribution is 2.11. The van der Waals surface area contributed by atoms with Gasteiger partial charge in [-0.25, -0.2) is 0 Å². The molecule has 0 aliphatic rings. The molecule has 4 heteroatoms. The van der Waals surface area contributed by atoms with Gasteiger partial charge in [-0.1, -0.05) is 12.1 Å². The van der Waals surface area contributed by atoms with Crippen LogP contribution in [0.1, 0.15) is 32.8 Å². The summed E-state index contributed by atoms with van der Waals surface area (Å²) >= 11 is 0. The molecule has 4 nitrogen and oxygen atoms in total. The van der Waals surface area contributed by atoms with Gasteiger partial charge in [-0.3, -0.25) is 4.79 Å². The van der Waals surface area contributed by atoms with Crippen LogP contribution in [0.15, 0.2) is 24.3 Å². The van der Waals surface area contributed by atoms with Gasteiger partial charge in [0.2, 0.25) is 5.91 Å². The fourth-order valence-corrected chi connectivity index (χ4v) is 1.75. The summed E-state index contributed by atoms with van der Waals surface area (Å²) in [6, 6.07) is 8.21. The minimum atomic E-state index is 0.0578. The first-order chi connectivity index (χ1) is 9.28. The molecule has 0 bridgehead atoms. The number of carbonyl (C=O) groups is 1. The van der Waals surface area contributed by atoms with Gasteiger partial charge in [0.25, 0.3) is 0 Å². The maximum Gasteiger partial charge on any atom is 0.221 e. The fourth-order valence-electron chi connectivity index (χ4n) is 1.75. The number of hydrogen-bond donors (Lipinski definition) is 2. The maximum absolute atomic E-state index is 11.7. The Morgan fingerprint density at radius 3 is 2.25 bits per heavy atom. The van der Waals surface area contributed by atoms with E-state index in [1.807, 2.05) is 26.2 Å². The van der Waals surface area contributed by atoms with Crippen molar-refractivity contribution in [3.8, 4) is 0 Å². The average molecular weight is 277 g/mol. The summed E-state index contributed by atoms with van der Waals surface area (Å²) in [7, 11) is 4.03. The zero-order valence-electron chi connectivity index (χ0n) is 13.3. The first kappa shape index (κ1) is 16.5. The number of carbonyl (C=O) groups excluding carboxylic acids is 1. The average Bonchev–Trinajstić information content (AvgIpc) is 2.35. The van der Waals surface area contributed by atoms with Crippen molar-refractivity contribution in [1.82, 2.24) is 10.6 Å². The molecule has 2 N–H and O–H groups in total. The molecule has 0 atom stereocenters. The van der Waals surface area contributed by atoms with Gasteiger partial charge in [-0.05, 0) is 38.5 Å². The molecule has 20 heavy (non-hydrogen) atoms. The Morgan fingerprint density at radius 2 is 1.75 bits per heavy atom. The number of anilines is 1. The first-order valence-corrected chi connectivity index (χ1v) is 7.06. The minimum Gasteiger partial charge on any atom is -0.378 e. The lowest BCUT2D eigenvalue weighted by Crippen LogP contribution is -2.38. The van der Waals surface area contributed by atoms with Crippen molar-refractivity contribution < 1.29 is 4.79 Å². The second-order valence-electron chi connectivity index (χ2n) is 6.26. The topological polar surface area (TPSA) is 44.4 Å². The van der Waals surface area contributed by atoms with Crippen LogP contribution >= 0.6 is 0 Å². The van der Waals surface area contributed by atoms with Crippen molar-refractivity contribution in [3.63, 3.8) is 0 Å². The Balaban J connectivity index is 2.30. The number of nitrogens with one attached hydrogen (secondary N) is 2. The lowest BCUT2D eigenvalue weighted by Gasteiger charge is -2.20. The molecule has 0 saturated carbocycles. The van der Waals surface area contributed by atoms with Crippen LogP contribution in [0.3, 0.4) is 0 Å². The molecular weight excluding hydrogens is 250 g/mol. The van der Waals surface area contributed by atoms with E-state index in [-0.39, 0.29) is 11.4 Å². The van der Waals surface area contributed by atoms with E-state index in [0.29, 0.717) is 19.5 Å². The van der Waals surface area contributed by atoms with Gasteiger partial charge in [0, 0.05) is 44.8 Å². The zero-order chi connectivity index (χ0) is 15.2. The SMILES string of the molecule is CN(C)c1ccc(CNC(=O)CCNC(C)(C)C)cc1. The Hall–Kier alpha value is -1.55. The molecule has 0 spiro atoms. The van der Waals surface area contributed by atoms with E-state index in [4.69, 9.17) is 0 Å². The van der Waals surface area contributed by atoms with Crippen molar-refractivity contribution >= 4 is 11.6 Å². The molecule has 1 aromatic rings. The van der Waals surface area contributed by atoms with E-state index in [9.17, 15) is 4.79 Å². The second-order valence-corrected chi connectivity index (χ2v) is 6.26. The van der Waals surface area contributed by atoms with E-state index in [2.05, 4.69) is 48.4 Å². The third-order valence-electron chi connectivity index (χ3n) is 2.95. The van der Waals surface area contributed by atoms with Crippen LogP contribution in [0.4, 0.5) is 5.69 Å². The van der Waals surface area contributed by atoms with Gasteiger partial charge in [0.05, 0.1) is 0 Å². The molecule has 0 aromatic heterocycles. The van der Waals surface area contributed by atoms with Crippen LogP contribution in [-0.4, -0.2) is 32.1 Å². The highest BCUT2D eigenvalue weighted by Gasteiger charge is 2.09. The summed E-state index contributed by atoms with van der Waals surface area (Å²) in [6.07, 6.45) is 0.507. The predicted molar refractivity (Wildman–Crippen MR) is 85.0 cm³/mol. The van der Waals surface area contributed by atoms with Crippen LogP contribution in [0.5, 0.6) is 0 Å². The van der Waals surface area contributed by atoms with Gasteiger partial charge < -0.3 is 15.5 Å². The van der Waals surface area contributed by atoms with Crippen molar-refractivity contribution in [1.29, 1.82) is 0 Å². The predicted octanol–water partition coefficient (Wildman–Crippen LogP) is 2.15. The zero-order valence-corrected chi connectivity index (χ0v) is 13.3. The third kappa shape index (κ3) is 6.57. The van der Waals surface area contributed by atoms with Crippen LogP contribution < -0.4 is 15.5 Å².